The van der Waals surface area contributed by atoms with Crippen LogP contribution in [0.1, 0.15) is 12.5 Å². The molecule has 0 radical (unpaired) electrons. The van der Waals surface area contributed by atoms with Gasteiger partial charge in [-0.1, -0.05) is 18.7 Å². The van der Waals surface area contributed by atoms with E-state index in [1.54, 1.807) is 13.0 Å². The van der Waals surface area contributed by atoms with Crippen LogP contribution in [-0.4, -0.2) is 54.0 Å². The number of rotatable bonds is 6. The molecule has 0 unspecified atom stereocenters. The summed E-state index contributed by atoms with van der Waals surface area (Å²) < 4.78 is 10.7. The summed E-state index contributed by atoms with van der Waals surface area (Å²) in [5, 5.41) is 8.33. The second kappa shape index (κ2) is 10.5. The van der Waals surface area contributed by atoms with Crippen molar-refractivity contribution in [2.45, 2.75) is 13.5 Å². The predicted molar refractivity (Wildman–Crippen MR) is 118 cm³/mol. The van der Waals surface area contributed by atoms with E-state index in [0.29, 0.717) is 24.7 Å². The van der Waals surface area contributed by atoms with E-state index in [2.05, 4.69) is 26.8 Å². The van der Waals surface area contributed by atoms with E-state index in [-0.39, 0.29) is 17.8 Å². The topological polar surface area (TPSA) is 129 Å². The fourth-order valence-electron chi connectivity index (χ4n) is 3.18. The Balaban J connectivity index is 1.95. The molecule has 3 rings (SSSR count). The molecule has 31 heavy (non-hydrogen) atoms. The summed E-state index contributed by atoms with van der Waals surface area (Å²) in [6.07, 6.45) is 1.23. The molecule has 1 aromatic carbocycles. The van der Waals surface area contributed by atoms with Crippen molar-refractivity contribution in [1.82, 2.24) is 9.88 Å². The molecule has 1 aliphatic rings. The Kier molecular flexibility index (Phi) is 7.47. The van der Waals surface area contributed by atoms with Crippen molar-refractivity contribution in [2.24, 2.45) is 5.73 Å². The number of anilines is 1. The van der Waals surface area contributed by atoms with Gasteiger partial charge in [0, 0.05) is 37.0 Å². The largest absolute Gasteiger partial charge is 0.397 e. The summed E-state index contributed by atoms with van der Waals surface area (Å²) in [4.78, 5) is 21.6. The highest BCUT2D eigenvalue weighted by Gasteiger charge is 2.16. The van der Waals surface area contributed by atoms with Crippen molar-refractivity contribution in [3.8, 4) is 11.3 Å². The van der Waals surface area contributed by atoms with Crippen LogP contribution in [0.2, 0.25) is 0 Å². The number of nitrogens with zero attached hydrogens (tertiary/aromatic N) is 2. The van der Waals surface area contributed by atoms with Crippen molar-refractivity contribution >= 4 is 29.3 Å². The number of ether oxygens (including phenoxy) is 2. The molecule has 0 bridgehead atoms. The Morgan fingerprint density at radius 1 is 1.39 bits per heavy atom. The summed E-state index contributed by atoms with van der Waals surface area (Å²) in [5.74, 6) is 0.474. The van der Waals surface area contributed by atoms with Crippen LogP contribution in [0.3, 0.4) is 0 Å². The Labute approximate surface area is 181 Å². The lowest BCUT2D eigenvalue weighted by molar-refractivity contribution is -0.371. The third-order valence-corrected chi connectivity index (χ3v) is 4.53. The van der Waals surface area contributed by atoms with E-state index in [1.807, 2.05) is 30.3 Å². The summed E-state index contributed by atoms with van der Waals surface area (Å²) in [6, 6.07) is 11.4. The van der Waals surface area contributed by atoms with Gasteiger partial charge in [0.1, 0.15) is 5.69 Å². The van der Waals surface area contributed by atoms with Crippen molar-refractivity contribution in [2.75, 3.05) is 31.6 Å². The van der Waals surface area contributed by atoms with Crippen molar-refractivity contribution in [3.63, 3.8) is 0 Å². The number of morpholine rings is 1. The number of hydrogen-bond acceptors (Lipinski definition) is 5. The van der Waals surface area contributed by atoms with E-state index in [4.69, 9.17) is 20.6 Å². The zero-order valence-corrected chi connectivity index (χ0v) is 17.6. The summed E-state index contributed by atoms with van der Waals surface area (Å²) in [7, 11) is 0. The highest BCUT2D eigenvalue weighted by molar-refractivity contribution is 5.99. The van der Waals surface area contributed by atoms with Gasteiger partial charge in [-0.25, -0.2) is 10.4 Å². The third kappa shape index (κ3) is 6.73. The van der Waals surface area contributed by atoms with Gasteiger partial charge in [0.05, 0.1) is 20.1 Å². The lowest BCUT2D eigenvalue weighted by Crippen LogP contribution is -2.71. The lowest BCUT2D eigenvalue weighted by Gasteiger charge is -2.26. The number of aromatic nitrogens is 1. The van der Waals surface area contributed by atoms with Crippen LogP contribution in [0.25, 0.3) is 11.3 Å². The van der Waals surface area contributed by atoms with Crippen LogP contribution in [0.5, 0.6) is 0 Å². The number of amides is 1. The SMILES string of the molecule is C=CC(=O)Nc1cccc(-c2cc(CN3CCOCC3)cc(/[NH+]=C(/N)OC(C)=[NH2+])n2)c1. The molecule has 1 saturated heterocycles. The van der Waals surface area contributed by atoms with Crippen LogP contribution >= 0.6 is 0 Å². The monoisotopic (exact) mass is 424 g/mol. The predicted octanol–water partition coefficient (Wildman–Crippen LogP) is -1.07. The van der Waals surface area contributed by atoms with Gasteiger partial charge < -0.3 is 14.8 Å². The fraction of sp³-hybridized carbons (Fsp3) is 0.273. The van der Waals surface area contributed by atoms with Gasteiger partial charge in [0.2, 0.25) is 5.91 Å². The van der Waals surface area contributed by atoms with Gasteiger partial charge in [-0.15, -0.1) is 4.98 Å². The molecule has 1 amide bonds. The molecule has 2 heterocycles. The third-order valence-electron chi connectivity index (χ3n) is 4.53. The van der Waals surface area contributed by atoms with E-state index in [1.165, 1.54) is 6.08 Å². The van der Waals surface area contributed by atoms with E-state index in [9.17, 15) is 4.79 Å². The minimum atomic E-state index is -0.276. The normalized spacial score (nSPS) is 14.7. The number of carbonyl (C=O) groups is 1. The van der Waals surface area contributed by atoms with Gasteiger partial charge in [0.25, 0.3) is 5.82 Å². The van der Waals surface area contributed by atoms with Crippen LogP contribution in [0, 0.1) is 0 Å². The lowest BCUT2D eigenvalue weighted by atomic mass is 10.1. The molecule has 0 atom stereocenters. The van der Waals surface area contributed by atoms with Crippen molar-refractivity contribution in [1.29, 1.82) is 0 Å². The Morgan fingerprint density at radius 3 is 2.87 bits per heavy atom. The molecule has 0 spiro atoms. The van der Waals surface area contributed by atoms with Crippen LogP contribution in [0.4, 0.5) is 11.5 Å². The summed E-state index contributed by atoms with van der Waals surface area (Å²) in [6.45, 7) is 8.98. The number of nitrogens with two attached hydrogens (primary N) is 2. The average molecular weight is 425 g/mol. The van der Waals surface area contributed by atoms with Gasteiger partial charge in [0.15, 0.2) is 0 Å². The number of amidine groups is 1. The van der Waals surface area contributed by atoms with Gasteiger partial charge in [-0.05, 0) is 29.8 Å². The zero-order valence-electron chi connectivity index (χ0n) is 17.6. The van der Waals surface area contributed by atoms with E-state index >= 15 is 0 Å². The quantitative estimate of drug-likeness (QED) is 0.265. The Bertz CT molecular complexity index is 998. The zero-order chi connectivity index (χ0) is 22.2. The number of benzene rings is 1. The molecule has 0 saturated carbocycles. The molecule has 6 N–H and O–H groups in total. The standard InChI is InChI=1S/C22H26N6O3/c1-3-21(29)25-18-6-4-5-17(13-18)19-11-16(14-28-7-9-30-10-8-28)12-20(26-19)27-22(24)31-15(2)23/h3-6,11-13,23H,1,7-10,14H2,2H3,(H,25,29)(H2,24,26,27)/p+2. The summed E-state index contributed by atoms with van der Waals surface area (Å²) >= 11 is 0. The maximum Gasteiger partial charge on any atom is 0.397 e. The number of hydrogen-bond donors (Lipinski definition) is 4. The second-order valence-corrected chi connectivity index (χ2v) is 7.11. The molecule has 1 fully saturated rings. The average Bonchev–Trinajstić information content (AvgIpc) is 2.73. The molecule has 2 aromatic rings. The highest BCUT2D eigenvalue weighted by atomic mass is 16.5. The van der Waals surface area contributed by atoms with Crippen LogP contribution in [0.15, 0.2) is 49.1 Å². The van der Waals surface area contributed by atoms with Crippen LogP contribution < -0.4 is 21.5 Å². The summed E-state index contributed by atoms with van der Waals surface area (Å²) in [5.41, 5.74) is 9.16. The Hall–Kier alpha value is -3.56. The van der Waals surface area contributed by atoms with E-state index < -0.39 is 0 Å². The molecular formula is C22H28N6O3+2. The maximum absolute atomic E-state index is 11.7. The smallest absolute Gasteiger partial charge is 0.379 e. The molecule has 1 aromatic heterocycles. The molecular weight excluding hydrogens is 396 g/mol. The van der Waals surface area contributed by atoms with Gasteiger partial charge in [-0.3, -0.25) is 15.4 Å². The second-order valence-electron chi connectivity index (χ2n) is 7.11. The van der Waals surface area contributed by atoms with Crippen LogP contribution in [-0.2, 0) is 20.8 Å². The first-order chi connectivity index (χ1) is 14.9. The minimum absolute atomic E-state index is 0.0361. The number of carbonyl (C=O) groups excluding carboxylic acids is 1. The Morgan fingerprint density at radius 2 is 2.16 bits per heavy atom. The van der Waals surface area contributed by atoms with Crippen molar-refractivity contribution < 1.29 is 24.7 Å². The highest BCUT2D eigenvalue weighted by Crippen LogP contribution is 2.24. The molecule has 1 aliphatic heterocycles. The first-order valence-corrected chi connectivity index (χ1v) is 9.94. The molecule has 9 heteroatoms. The fourth-order valence-corrected chi connectivity index (χ4v) is 3.18. The number of pyridine rings is 1. The molecule has 9 nitrogen and oxygen atoms in total. The minimum Gasteiger partial charge on any atom is -0.379 e. The molecule has 162 valence electrons. The first-order valence-electron chi connectivity index (χ1n) is 9.94. The maximum atomic E-state index is 11.7. The number of nitrogens with one attached hydrogen (secondary N) is 2. The van der Waals surface area contributed by atoms with Gasteiger partial charge >= 0.3 is 11.9 Å². The van der Waals surface area contributed by atoms with Crippen molar-refractivity contribution in [3.05, 3.63) is 54.6 Å². The molecule has 0 aliphatic carbocycles. The van der Waals surface area contributed by atoms with Gasteiger partial charge in [-0.2, -0.15) is 0 Å². The first kappa shape index (κ1) is 22.1. The van der Waals surface area contributed by atoms with E-state index in [0.717, 1.165) is 36.5 Å².